The van der Waals surface area contributed by atoms with Crippen molar-refractivity contribution in [2.45, 2.75) is 6.92 Å². The van der Waals surface area contributed by atoms with Crippen molar-refractivity contribution in [3.63, 3.8) is 0 Å². The lowest BCUT2D eigenvalue weighted by atomic mass is 10.1. The topological polar surface area (TPSA) is 64.9 Å². The number of halogens is 1. The highest BCUT2D eigenvalue weighted by Gasteiger charge is 2.13. The van der Waals surface area contributed by atoms with Crippen LogP contribution in [0.1, 0.15) is 5.56 Å². The highest BCUT2D eigenvalue weighted by Crippen LogP contribution is 2.30. The number of hydrogen-bond acceptors (Lipinski definition) is 4. The summed E-state index contributed by atoms with van der Waals surface area (Å²) in [5.74, 6) is 0.886. The van der Waals surface area contributed by atoms with E-state index < -0.39 is 0 Å². The van der Waals surface area contributed by atoms with Crippen LogP contribution in [0, 0.1) is 6.92 Å². The Bertz CT molecular complexity index is 750. The number of aryl methyl sites for hydroxylation is 1. The van der Waals surface area contributed by atoms with Crippen LogP contribution < -0.4 is 5.73 Å². The molecule has 0 aliphatic carbocycles. The fourth-order valence-corrected chi connectivity index (χ4v) is 2.06. The molecular weight excluding hydrogens is 274 g/mol. The molecule has 20 heavy (non-hydrogen) atoms. The van der Waals surface area contributed by atoms with E-state index in [9.17, 15) is 0 Å². The number of aromatic nitrogens is 2. The van der Waals surface area contributed by atoms with Gasteiger partial charge in [0, 0.05) is 11.3 Å². The first kappa shape index (κ1) is 12.7. The molecular formula is C15H12ClN3O. The van der Waals surface area contributed by atoms with Crippen molar-refractivity contribution < 1.29 is 4.52 Å². The van der Waals surface area contributed by atoms with Crippen LogP contribution in [0.3, 0.4) is 0 Å². The van der Waals surface area contributed by atoms with E-state index in [2.05, 4.69) is 10.1 Å². The number of hydrogen-bond donors (Lipinski definition) is 1. The standard InChI is InChI=1S/C15H12ClN3O/c1-9-2-4-10(5-3-9)14-18-15(20-19-14)12-8-11(17)6-7-13(12)16/h2-8H,17H2,1H3. The van der Waals surface area contributed by atoms with Gasteiger partial charge in [-0.15, -0.1) is 0 Å². The fraction of sp³-hybridized carbons (Fsp3) is 0.0667. The van der Waals surface area contributed by atoms with E-state index in [0.29, 0.717) is 28.0 Å². The summed E-state index contributed by atoms with van der Waals surface area (Å²) in [7, 11) is 0. The fourth-order valence-electron chi connectivity index (χ4n) is 1.86. The van der Waals surface area contributed by atoms with Crippen LogP contribution in [0.5, 0.6) is 0 Å². The molecule has 0 aliphatic heterocycles. The zero-order valence-electron chi connectivity index (χ0n) is 10.8. The minimum absolute atomic E-state index is 0.359. The van der Waals surface area contributed by atoms with E-state index >= 15 is 0 Å². The lowest BCUT2D eigenvalue weighted by molar-refractivity contribution is 0.432. The van der Waals surface area contributed by atoms with Gasteiger partial charge in [-0.2, -0.15) is 4.98 Å². The summed E-state index contributed by atoms with van der Waals surface area (Å²) in [6.07, 6.45) is 0. The third-order valence-corrected chi connectivity index (χ3v) is 3.29. The van der Waals surface area contributed by atoms with Gasteiger partial charge in [-0.3, -0.25) is 0 Å². The summed E-state index contributed by atoms with van der Waals surface area (Å²) in [4.78, 5) is 4.36. The highest BCUT2D eigenvalue weighted by molar-refractivity contribution is 6.33. The second kappa shape index (κ2) is 4.98. The molecule has 2 aromatic carbocycles. The van der Waals surface area contributed by atoms with Crippen molar-refractivity contribution in [2.75, 3.05) is 5.73 Å². The summed E-state index contributed by atoms with van der Waals surface area (Å²) in [5.41, 5.74) is 9.06. The van der Waals surface area contributed by atoms with Crippen LogP contribution in [0.15, 0.2) is 47.0 Å². The second-order valence-electron chi connectivity index (χ2n) is 4.53. The first-order valence-electron chi connectivity index (χ1n) is 6.09. The van der Waals surface area contributed by atoms with Crippen molar-refractivity contribution in [2.24, 2.45) is 0 Å². The van der Waals surface area contributed by atoms with E-state index in [1.807, 2.05) is 31.2 Å². The second-order valence-corrected chi connectivity index (χ2v) is 4.94. The molecule has 0 bridgehead atoms. The molecule has 0 radical (unpaired) electrons. The number of nitrogen functional groups attached to an aromatic ring is 1. The predicted molar refractivity (Wildman–Crippen MR) is 79.3 cm³/mol. The van der Waals surface area contributed by atoms with Gasteiger partial charge in [-0.25, -0.2) is 0 Å². The minimum atomic E-state index is 0.359. The molecule has 3 aromatic rings. The molecule has 0 aliphatic rings. The van der Waals surface area contributed by atoms with Crippen molar-refractivity contribution in [3.05, 3.63) is 53.1 Å². The smallest absolute Gasteiger partial charge is 0.259 e. The van der Waals surface area contributed by atoms with Crippen molar-refractivity contribution in [1.82, 2.24) is 10.1 Å². The predicted octanol–water partition coefficient (Wildman–Crippen LogP) is 3.95. The number of benzene rings is 2. The number of anilines is 1. The molecule has 0 atom stereocenters. The van der Waals surface area contributed by atoms with Crippen LogP contribution in [0.2, 0.25) is 5.02 Å². The minimum Gasteiger partial charge on any atom is -0.399 e. The molecule has 100 valence electrons. The third-order valence-electron chi connectivity index (χ3n) is 2.96. The molecule has 4 nitrogen and oxygen atoms in total. The Morgan fingerprint density at radius 3 is 2.60 bits per heavy atom. The van der Waals surface area contributed by atoms with E-state index in [0.717, 1.165) is 5.56 Å². The maximum Gasteiger partial charge on any atom is 0.259 e. The SMILES string of the molecule is Cc1ccc(-c2noc(-c3cc(N)ccc3Cl)n2)cc1. The molecule has 1 aromatic heterocycles. The average molecular weight is 286 g/mol. The van der Waals surface area contributed by atoms with Crippen molar-refractivity contribution in [1.29, 1.82) is 0 Å². The van der Waals surface area contributed by atoms with Crippen LogP contribution in [0.4, 0.5) is 5.69 Å². The molecule has 0 unspecified atom stereocenters. The van der Waals surface area contributed by atoms with Gasteiger partial charge in [-0.05, 0) is 25.1 Å². The molecule has 0 spiro atoms. The van der Waals surface area contributed by atoms with Gasteiger partial charge in [0.1, 0.15) is 0 Å². The summed E-state index contributed by atoms with van der Waals surface area (Å²) < 4.78 is 5.27. The van der Waals surface area contributed by atoms with E-state index in [-0.39, 0.29) is 0 Å². The lowest BCUT2D eigenvalue weighted by Gasteiger charge is -1.99. The molecule has 0 saturated carbocycles. The Morgan fingerprint density at radius 2 is 1.85 bits per heavy atom. The van der Waals surface area contributed by atoms with E-state index in [4.69, 9.17) is 21.9 Å². The van der Waals surface area contributed by atoms with Gasteiger partial charge >= 0.3 is 0 Å². The van der Waals surface area contributed by atoms with E-state index in [1.165, 1.54) is 5.56 Å². The summed E-state index contributed by atoms with van der Waals surface area (Å²) in [5, 5.41) is 4.50. The molecule has 0 amide bonds. The maximum absolute atomic E-state index is 6.12. The molecule has 0 fully saturated rings. The van der Waals surface area contributed by atoms with Crippen LogP contribution in [-0.4, -0.2) is 10.1 Å². The average Bonchev–Trinajstić information content (AvgIpc) is 2.92. The lowest BCUT2D eigenvalue weighted by Crippen LogP contribution is -1.87. The Morgan fingerprint density at radius 1 is 1.10 bits per heavy atom. The Balaban J connectivity index is 2.01. The van der Waals surface area contributed by atoms with Gasteiger partial charge in [0.05, 0.1) is 10.6 Å². The van der Waals surface area contributed by atoms with Gasteiger partial charge in [0.15, 0.2) is 0 Å². The van der Waals surface area contributed by atoms with Crippen LogP contribution in [-0.2, 0) is 0 Å². The first-order valence-corrected chi connectivity index (χ1v) is 6.47. The van der Waals surface area contributed by atoms with Crippen molar-refractivity contribution >= 4 is 17.3 Å². The Kier molecular flexibility index (Phi) is 3.16. The van der Waals surface area contributed by atoms with Crippen LogP contribution >= 0.6 is 11.6 Å². The van der Waals surface area contributed by atoms with E-state index in [1.54, 1.807) is 18.2 Å². The summed E-state index contributed by atoms with van der Waals surface area (Å²) >= 11 is 6.12. The molecule has 2 N–H and O–H groups in total. The molecule has 1 heterocycles. The normalized spacial score (nSPS) is 10.7. The number of rotatable bonds is 2. The number of nitrogens with zero attached hydrogens (tertiary/aromatic N) is 2. The van der Waals surface area contributed by atoms with Crippen LogP contribution in [0.25, 0.3) is 22.8 Å². The zero-order chi connectivity index (χ0) is 14.1. The number of nitrogens with two attached hydrogens (primary N) is 1. The quantitative estimate of drug-likeness (QED) is 0.724. The van der Waals surface area contributed by atoms with Gasteiger partial charge in [0.25, 0.3) is 5.89 Å². The summed E-state index contributed by atoms with van der Waals surface area (Å²) in [6, 6.07) is 13.0. The Hall–Kier alpha value is -2.33. The molecule has 0 saturated heterocycles. The monoisotopic (exact) mass is 285 g/mol. The third kappa shape index (κ3) is 2.38. The zero-order valence-corrected chi connectivity index (χ0v) is 11.6. The largest absolute Gasteiger partial charge is 0.399 e. The highest BCUT2D eigenvalue weighted by atomic mass is 35.5. The molecule has 5 heteroatoms. The molecule has 3 rings (SSSR count). The maximum atomic E-state index is 6.12. The van der Waals surface area contributed by atoms with Gasteiger partial charge < -0.3 is 10.3 Å². The van der Waals surface area contributed by atoms with Gasteiger partial charge in [-0.1, -0.05) is 46.6 Å². The van der Waals surface area contributed by atoms with Gasteiger partial charge in [0.2, 0.25) is 5.82 Å². The Labute approximate surface area is 121 Å². The summed E-state index contributed by atoms with van der Waals surface area (Å²) in [6.45, 7) is 2.03. The van der Waals surface area contributed by atoms with Crippen molar-refractivity contribution in [3.8, 4) is 22.8 Å². The first-order chi connectivity index (χ1) is 9.63.